The number of hydrogen-bond donors (Lipinski definition) is 2. The molecule has 2 unspecified atom stereocenters. The molecule has 4 nitrogen and oxygen atoms in total. The number of nitrogens with one attached hydrogen (secondary N) is 1. The Hall–Kier alpha value is -1.06. The van der Waals surface area contributed by atoms with Crippen molar-refractivity contribution in [1.29, 1.82) is 0 Å². The summed E-state index contributed by atoms with van der Waals surface area (Å²) in [5, 5.41) is 11.2. The van der Waals surface area contributed by atoms with Crippen LogP contribution in [0, 0.1) is 17.8 Å². The second-order valence-corrected chi connectivity index (χ2v) is 4.02. The highest BCUT2D eigenvalue weighted by Crippen LogP contribution is 2.09. The standard InChI is InChI=1S/C10H19NO3/c1-6(2)8(4)9(12)11-5-7(3)10(13)14/h6-8H,5H2,1-4H3,(H,11,12)(H,13,14). The predicted molar refractivity (Wildman–Crippen MR) is 53.8 cm³/mol. The highest BCUT2D eigenvalue weighted by Gasteiger charge is 2.18. The largest absolute Gasteiger partial charge is 0.481 e. The van der Waals surface area contributed by atoms with Gasteiger partial charge in [-0.05, 0) is 5.92 Å². The Balaban J connectivity index is 3.91. The van der Waals surface area contributed by atoms with Crippen molar-refractivity contribution >= 4 is 11.9 Å². The fourth-order valence-corrected chi connectivity index (χ4v) is 0.805. The quantitative estimate of drug-likeness (QED) is 0.700. The Morgan fingerprint density at radius 1 is 1.21 bits per heavy atom. The summed E-state index contributed by atoms with van der Waals surface area (Å²) in [6.45, 7) is 7.54. The van der Waals surface area contributed by atoms with E-state index in [1.807, 2.05) is 20.8 Å². The van der Waals surface area contributed by atoms with Crippen molar-refractivity contribution in [1.82, 2.24) is 5.32 Å². The Bertz CT molecular complexity index is 213. The molecule has 0 heterocycles. The van der Waals surface area contributed by atoms with E-state index in [0.717, 1.165) is 0 Å². The first-order valence-corrected chi connectivity index (χ1v) is 4.86. The minimum absolute atomic E-state index is 0.0732. The summed E-state index contributed by atoms with van der Waals surface area (Å²) >= 11 is 0. The molecule has 4 heteroatoms. The molecule has 1 amide bonds. The molecule has 0 saturated heterocycles. The van der Waals surface area contributed by atoms with Gasteiger partial charge in [0, 0.05) is 12.5 Å². The number of hydrogen-bond acceptors (Lipinski definition) is 2. The molecule has 0 aliphatic rings. The van der Waals surface area contributed by atoms with Gasteiger partial charge in [-0.3, -0.25) is 9.59 Å². The van der Waals surface area contributed by atoms with E-state index in [-0.39, 0.29) is 24.3 Å². The van der Waals surface area contributed by atoms with Gasteiger partial charge in [-0.15, -0.1) is 0 Å². The maximum Gasteiger partial charge on any atom is 0.308 e. The number of carbonyl (C=O) groups is 2. The fraction of sp³-hybridized carbons (Fsp3) is 0.800. The highest BCUT2D eigenvalue weighted by atomic mass is 16.4. The molecule has 0 radical (unpaired) electrons. The van der Waals surface area contributed by atoms with E-state index in [1.54, 1.807) is 6.92 Å². The molecule has 0 aromatic rings. The number of aliphatic carboxylic acids is 1. The molecule has 0 fully saturated rings. The first kappa shape index (κ1) is 12.9. The number of carboxylic acids is 1. The van der Waals surface area contributed by atoms with Gasteiger partial charge in [0.25, 0.3) is 0 Å². The van der Waals surface area contributed by atoms with Crippen molar-refractivity contribution in [2.24, 2.45) is 17.8 Å². The van der Waals surface area contributed by atoms with E-state index < -0.39 is 11.9 Å². The summed E-state index contributed by atoms with van der Waals surface area (Å²) in [5.41, 5.74) is 0. The van der Waals surface area contributed by atoms with Gasteiger partial charge in [-0.2, -0.15) is 0 Å². The molecule has 0 bridgehead atoms. The van der Waals surface area contributed by atoms with E-state index in [1.165, 1.54) is 0 Å². The van der Waals surface area contributed by atoms with Crippen LogP contribution in [-0.4, -0.2) is 23.5 Å². The van der Waals surface area contributed by atoms with Gasteiger partial charge in [0.15, 0.2) is 0 Å². The van der Waals surface area contributed by atoms with E-state index >= 15 is 0 Å². The zero-order chi connectivity index (χ0) is 11.3. The Morgan fingerprint density at radius 3 is 2.07 bits per heavy atom. The van der Waals surface area contributed by atoms with E-state index in [0.29, 0.717) is 0 Å². The Kier molecular flexibility index (Phi) is 5.20. The summed E-state index contributed by atoms with van der Waals surface area (Å²) in [4.78, 5) is 21.9. The minimum Gasteiger partial charge on any atom is -0.481 e. The molecule has 0 aliphatic carbocycles. The smallest absolute Gasteiger partial charge is 0.308 e. The van der Waals surface area contributed by atoms with Crippen LogP contribution in [0.3, 0.4) is 0 Å². The summed E-state index contributed by atoms with van der Waals surface area (Å²) < 4.78 is 0. The molecule has 14 heavy (non-hydrogen) atoms. The van der Waals surface area contributed by atoms with Gasteiger partial charge in [-0.25, -0.2) is 0 Å². The van der Waals surface area contributed by atoms with Crippen LogP contribution in [0.5, 0.6) is 0 Å². The summed E-state index contributed by atoms with van der Waals surface area (Å²) in [6.07, 6.45) is 0. The molecule has 0 aromatic heterocycles. The molecular weight excluding hydrogens is 182 g/mol. The van der Waals surface area contributed by atoms with E-state index in [2.05, 4.69) is 5.32 Å². The van der Waals surface area contributed by atoms with Gasteiger partial charge < -0.3 is 10.4 Å². The lowest BCUT2D eigenvalue weighted by Crippen LogP contribution is -2.36. The third kappa shape index (κ3) is 4.25. The van der Waals surface area contributed by atoms with E-state index in [9.17, 15) is 9.59 Å². The van der Waals surface area contributed by atoms with Gasteiger partial charge in [0.05, 0.1) is 5.92 Å². The van der Waals surface area contributed by atoms with Crippen molar-refractivity contribution in [3.63, 3.8) is 0 Å². The van der Waals surface area contributed by atoms with Crippen LogP contribution < -0.4 is 5.32 Å². The molecule has 2 atom stereocenters. The topological polar surface area (TPSA) is 66.4 Å². The third-order valence-corrected chi connectivity index (χ3v) is 2.42. The van der Waals surface area contributed by atoms with Gasteiger partial charge in [0.2, 0.25) is 5.91 Å². The Morgan fingerprint density at radius 2 is 1.71 bits per heavy atom. The summed E-state index contributed by atoms with van der Waals surface area (Å²) in [5.74, 6) is -1.29. The minimum atomic E-state index is -0.887. The second-order valence-electron chi connectivity index (χ2n) is 4.02. The van der Waals surface area contributed by atoms with Crippen molar-refractivity contribution in [3.8, 4) is 0 Å². The van der Waals surface area contributed by atoms with E-state index in [4.69, 9.17) is 5.11 Å². The molecule has 0 rings (SSSR count). The van der Waals surface area contributed by atoms with Crippen molar-refractivity contribution in [3.05, 3.63) is 0 Å². The second kappa shape index (κ2) is 5.62. The normalized spacial score (nSPS) is 14.9. The van der Waals surface area contributed by atoms with Crippen LogP contribution in [0.2, 0.25) is 0 Å². The van der Waals surface area contributed by atoms with Crippen LogP contribution in [0.4, 0.5) is 0 Å². The average Bonchev–Trinajstić information content (AvgIpc) is 2.11. The maximum absolute atomic E-state index is 11.4. The monoisotopic (exact) mass is 201 g/mol. The zero-order valence-electron chi connectivity index (χ0n) is 9.20. The molecule has 0 spiro atoms. The molecule has 0 aromatic carbocycles. The van der Waals surface area contributed by atoms with Crippen molar-refractivity contribution < 1.29 is 14.7 Å². The average molecular weight is 201 g/mol. The van der Waals surface area contributed by atoms with Crippen molar-refractivity contribution in [2.45, 2.75) is 27.7 Å². The van der Waals surface area contributed by atoms with Crippen LogP contribution in [0.25, 0.3) is 0 Å². The maximum atomic E-state index is 11.4. The van der Waals surface area contributed by atoms with Crippen LogP contribution >= 0.6 is 0 Å². The van der Waals surface area contributed by atoms with Crippen molar-refractivity contribution in [2.75, 3.05) is 6.54 Å². The highest BCUT2D eigenvalue weighted by molar-refractivity contribution is 5.79. The van der Waals surface area contributed by atoms with Gasteiger partial charge in [-0.1, -0.05) is 27.7 Å². The summed E-state index contributed by atoms with van der Waals surface area (Å²) in [7, 11) is 0. The zero-order valence-corrected chi connectivity index (χ0v) is 9.20. The summed E-state index contributed by atoms with van der Waals surface area (Å²) in [6, 6.07) is 0. The molecule has 82 valence electrons. The molecule has 0 aliphatic heterocycles. The van der Waals surface area contributed by atoms with Crippen LogP contribution in [0.1, 0.15) is 27.7 Å². The first-order chi connectivity index (χ1) is 6.36. The number of carbonyl (C=O) groups excluding carboxylic acids is 1. The lowest BCUT2D eigenvalue weighted by molar-refractivity contribution is -0.141. The van der Waals surface area contributed by atoms with Gasteiger partial charge in [0.1, 0.15) is 0 Å². The van der Waals surface area contributed by atoms with Crippen LogP contribution in [-0.2, 0) is 9.59 Å². The number of amides is 1. The molecule has 2 N–H and O–H groups in total. The van der Waals surface area contributed by atoms with Crippen LogP contribution in [0.15, 0.2) is 0 Å². The fourth-order valence-electron chi connectivity index (χ4n) is 0.805. The third-order valence-electron chi connectivity index (χ3n) is 2.42. The number of carboxylic acid groups (broad SMARTS) is 1. The predicted octanol–water partition coefficient (Wildman–Crippen LogP) is 1.12. The molecule has 0 saturated carbocycles. The van der Waals surface area contributed by atoms with Gasteiger partial charge >= 0.3 is 5.97 Å². The SMILES string of the molecule is CC(CNC(=O)C(C)C(C)C)C(=O)O. The molecular formula is C10H19NO3. The lowest BCUT2D eigenvalue weighted by Gasteiger charge is -2.16. The number of rotatable bonds is 5. The lowest BCUT2D eigenvalue weighted by atomic mass is 9.97. The first-order valence-electron chi connectivity index (χ1n) is 4.86. The Labute approximate surface area is 84.7 Å².